The third-order valence-electron chi connectivity index (χ3n) is 2.93. The first-order valence-corrected chi connectivity index (χ1v) is 6.61. The first kappa shape index (κ1) is 13.2. The molecule has 94 valence electrons. The van der Waals surface area contributed by atoms with Crippen molar-refractivity contribution >= 4 is 23.2 Å². The summed E-state index contributed by atoms with van der Waals surface area (Å²) in [5.41, 5.74) is 0.0958. The lowest BCUT2D eigenvalue weighted by Gasteiger charge is -2.24. The number of nitrogens with one attached hydrogen (secondary N) is 1. The highest BCUT2D eigenvalue weighted by molar-refractivity contribution is 6.33. The maximum Gasteiger partial charge on any atom is 0.0784 e. The lowest BCUT2D eigenvalue weighted by Crippen LogP contribution is -2.40. The summed E-state index contributed by atoms with van der Waals surface area (Å²) in [6.07, 6.45) is 2.94. The molecule has 1 aromatic carbocycles. The summed E-state index contributed by atoms with van der Waals surface area (Å²) >= 11 is 12.0. The smallest absolute Gasteiger partial charge is 0.0784 e. The Kier molecular flexibility index (Phi) is 3.99. The topological polar surface area (TPSA) is 32.3 Å². The third kappa shape index (κ3) is 4.14. The Morgan fingerprint density at radius 1 is 1.41 bits per heavy atom. The minimum absolute atomic E-state index is 0.506. The first-order chi connectivity index (χ1) is 7.96. The molecule has 2 N–H and O–H groups in total. The zero-order valence-electron chi connectivity index (χ0n) is 9.84. The molecule has 4 heteroatoms. The average Bonchev–Trinajstić information content (AvgIpc) is 3.04. The number of rotatable bonds is 5. The molecule has 1 aliphatic carbocycles. The van der Waals surface area contributed by atoms with Gasteiger partial charge < -0.3 is 10.4 Å². The van der Waals surface area contributed by atoms with Crippen molar-refractivity contribution in [2.75, 3.05) is 6.54 Å². The van der Waals surface area contributed by atoms with Gasteiger partial charge in [0, 0.05) is 29.1 Å². The molecule has 17 heavy (non-hydrogen) atoms. The molecule has 0 radical (unpaired) electrons. The molecule has 0 aromatic heterocycles. The Morgan fingerprint density at radius 2 is 2.12 bits per heavy atom. The summed E-state index contributed by atoms with van der Waals surface area (Å²) in [6, 6.07) is 5.93. The van der Waals surface area contributed by atoms with Gasteiger partial charge >= 0.3 is 0 Å². The van der Waals surface area contributed by atoms with E-state index in [9.17, 15) is 5.11 Å². The van der Waals surface area contributed by atoms with E-state index in [0.717, 1.165) is 5.56 Å². The second kappa shape index (κ2) is 5.15. The van der Waals surface area contributed by atoms with Gasteiger partial charge in [-0.2, -0.15) is 0 Å². The molecule has 1 unspecified atom stereocenters. The Bertz CT molecular complexity index is 402. The Balaban J connectivity index is 1.99. The fourth-order valence-electron chi connectivity index (χ4n) is 1.80. The largest absolute Gasteiger partial charge is 0.389 e. The number of aliphatic hydroxyl groups is 1. The molecular formula is C13H17Cl2NO. The highest BCUT2D eigenvalue weighted by Crippen LogP contribution is 2.25. The van der Waals surface area contributed by atoms with Gasteiger partial charge in [0.15, 0.2) is 0 Å². The van der Waals surface area contributed by atoms with E-state index < -0.39 is 5.60 Å². The SMILES string of the molecule is CC(O)(CNC1CC1)Cc1cc(Cl)ccc1Cl. The number of halogens is 2. The standard InChI is InChI=1S/C13H17Cl2NO/c1-13(17,8-16-11-3-4-11)7-9-6-10(14)2-5-12(9)15/h2,5-6,11,16-17H,3-4,7-8H2,1H3. The van der Waals surface area contributed by atoms with Crippen LogP contribution in [0.3, 0.4) is 0 Å². The van der Waals surface area contributed by atoms with Gasteiger partial charge in [-0.3, -0.25) is 0 Å². The van der Waals surface area contributed by atoms with E-state index in [0.29, 0.717) is 29.1 Å². The molecule has 0 spiro atoms. The molecule has 1 fully saturated rings. The van der Waals surface area contributed by atoms with Crippen LogP contribution < -0.4 is 5.32 Å². The highest BCUT2D eigenvalue weighted by Gasteiger charge is 2.27. The van der Waals surface area contributed by atoms with Gasteiger partial charge in [0.05, 0.1) is 5.60 Å². The van der Waals surface area contributed by atoms with Crippen molar-refractivity contribution in [3.8, 4) is 0 Å². The Morgan fingerprint density at radius 3 is 2.76 bits per heavy atom. The van der Waals surface area contributed by atoms with E-state index in [-0.39, 0.29) is 0 Å². The fourth-order valence-corrected chi connectivity index (χ4v) is 2.18. The average molecular weight is 274 g/mol. The van der Waals surface area contributed by atoms with E-state index in [1.807, 2.05) is 13.0 Å². The van der Waals surface area contributed by atoms with Crippen LogP contribution in [0.25, 0.3) is 0 Å². The van der Waals surface area contributed by atoms with Gasteiger partial charge in [-0.25, -0.2) is 0 Å². The molecule has 1 aliphatic rings. The van der Waals surface area contributed by atoms with Crippen molar-refractivity contribution in [3.63, 3.8) is 0 Å². The van der Waals surface area contributed by atoms with E-state index in [2.05, 4.69) is 5.32 Å². The highest BCUT2D eigenvalue weighted by atomic mass is 35.5. The second-order valence-electron chi connectivity index (χ2n) is 5.06. The predicted molar refractivity (Wildman–Crippen MR) is 71.8 cm³/mol. The zero-order chi connectivity index (χ0) is 12.5. The van der Waals surface area contributed by atoms with E-state index in [4.69, 9.17) is 23.2 Å². The van der Waals surface area contributed by atoms with Gasteiger partial charge in [-0.05, 0) is 43.5 Å². The van der Waals surface area contributed by atoms with E-state index >= 15 is 0 Å². The van der Waals surface area contributed by atoms with Gasteiger partial charge in [-0.15, -0.1) is 0 Å². The van der Waals surface area contributed by atoms with Crippen LogP contribution in [0.5, 0.6) is 0 Å². The van der Waals surface area contributed by atoms with Crippen molar-refractivity contribution in [1.29, 1.82) is 0 Å². The fraction of sp³-hybridized carbons (Fsp3) is 0.538. The molecular weight excluding hydrogens is 257 g/mol. The Labute approximate surface area is 112 Å². The van der Waals surface area contributed by atoms with Crippen molar-refractivity contribution in [2.45, 2.75) is 37.8 Å². The van der Waals surface area contributed by atoms with Crippen LogP contribution in [-0.4, -0.2) is 23.3 Å². The summed E-state index contributed by atoms with van der Waals surface area (Å²) < 4.78 is 0. The molecule has 0 aliphatic heterocycles. The van der Waals surface area contributed by atoms with Gasteiger partial charge in [0.2, 0.25) is 0 Å². The summed E-state index contributed by atoms with van der Waals surface area (Å²) in [6.45, 7) is 2.40. The molecule has 2 rings (SSSR count). The normalized spacial score (nSPS) is 19.1. The summed E-state index contributed by atoms with van der Waals surface area (Å²) in [5, 5.41) is 14.9. The molecule has 0 saturated heterocycles. The molecule has 1 aromatic rings. The molecule has 1 saturated carbocycles. The minimum Gasteiger partial charge on any atom is -0.389 e. The number of benzene rings is 1. The predicted octanol–water partition coefficient (Wildman–Crippen LogP) is 3.04. The van der Waals surface area contributed by atoms with Crippen LogP contribution in [0.4, 0.5) is 0 Å². The monoisotopic (exact) mass is 273 g/mol. The maximum absolute atomic E-state index is 10.3. The van der Waals surface area contributed by atoms with Crippen LogP contribution in [0, 0.1) is 0 Å². The van der Waals surface area contributed by atoms with E-state index in [1.165, 1.54) is 12.8 Å². The zero-order valence-corrected chi connectivity index (χ0v) is 11.4. The minimum atomic E-state index is -0.795. The third-order valence-corrected chi connectivity index (χ3v) is 3.53. The van der Waals surface area contributed by atoms with Gasteiger partial charge in [0.1, 0.15) is 0 Å². The molecule has 0 bridgehead atoms. The molecule has 0 heterocycles. The summed E-state index contributed by atoms with van der Waals surface area (Å²) in [4.78, 5) is 0. The molecule has 2 nitrogen and oxygen atoms in total. The Hall–Kier alpha value is -0.280. The second-order valence-corrected chi connectivity index (χ2v) is 5.91. The van der Waals surface area contributed by atoms with Crippen LogP contribution in [0.15, 0.2) is 18.2 Å². The lowest BCUT2D eigenvalue weighted by atomic mass is 9.96. The van der Waals surface area contributed by atoms with Crippen molar-refractivity contribution in [2.24, 2.45) is 0 Å². The molecule has 0 amide bonds. The van der Waals surface area contributed by atoms with E-state index in [1.54, 1.807) is 12.1 Å². The van der Waals surface area contributed by atoms with Gasteiger partial charge in [-0.1, -0.05) is 23.2 Å². The van der Waals surface area contributed by atoms with Crippen LogP contribution >= 0.6 is 23.2 Å². The van der Waals surface area contributed by atoms with Crippen LogP contribution in [0.1, 0.15) is 25.3 Å². The number of hydrogen-bond acceptors (Lipinski definition) is 2. The van der Waals surface area contributed by atoms with Crippen LogP contribution in [-0.2, 0) is 6.42 Å². The summed E-state index contributed by atoms with van der Waals surface area (Å²) in [5.74, 6) is 0. The lowest BCUT2D eigenvalue weighted by molar-refractivity contribution is 0.0598. The van der Waals surface area contributed by atoms with Crippen molar-refractivity contribution in [1.82, 2.24) is 5.32 Å². The summed E-state index contributed by atoms with van der Waals surface area (Å²) in [7, 11) is 0. The van der Waals surface area contributed by atoms with Crippen molar-refractivity contribution in [3.05, 3.63) is 33.8 Å². The van der Waals surface area contributed by atoms with Crippen LogP contribution in [0.2, 0.25) is 10.0 Å². The number of hydrogen-bond donors (Lipinski definition) is 2. The quantitative estimate of drug-likeness (QED) is 0.865. The maximum atomic E-state index is 10.3. The first-order valence-electron chi connectivity index (χ1n) is 5.86. The van der Waals surface area contributed by atoms with Gasteiger partial charge in [0.25, 0.3) is 0 Å². The molecule has 1 atom stereocenters. The van der Waals surface area contributed by atoms with Crippen molar-refractivity contribution < 1.29 is 5.11 Å².